The Hall–Kier alpha value is -2.99. The fourth-order valence-corrected chi connectivity index (χ4v) is 2.38. The predicted octanol–water partition coefficient (Wildman–Crippen LogP) is 5.37. The highest BCUT2D eigenvalue weighted by Gasteiger charge is 2.17. The van der Waals surface area contributed by atoms with E-state index in [1.807, 2.05) is 13.0 Å². The normalized spacial score (nSPS) is 10.5. The van der Waals surface area contributed by atoms with Gasteiger partial charge in [0.1, 0.15) is 22.9 Å². The van der Waals surface area contributed by atoms with Gasteiger partial charge in [-0.2, -0.15) is 0 Å². The van der Waals surface area contributed by atoms with Crippen LogP contribution in [0.4, 0.5) is 14.5 Å². The average Bonchev–Trinajstić information content (AvgIpc) is 2.60. The van der Waals surface area contributed by atoms with Gasteiger partial charge in [0.25, 0.3) is 5.91 Å². The monoisotopic (exact) mass is 374 g/mol. The predicted molar refractivity (Wildman–Crippen MR) is 94.8 cm³/mol. The first-order valence-electron chi connectivity index (χ1n) is 7.59. The van der Waals surface area contributed by atoms with Crippen LogP contribution in [0.2, 0.25) is 5.02 Å². The Bertz CT molecular complexity index is 942. The molecule has 1 N–H and O–H groups in total. The molecule has 0 atom stereocenters. The quantitative estimate of drug-likeness (QED) is 0.668. The van der Waals surface area contributed by atoms with Crippen molar-refractivity contribution in [2.75, 3.05) is 5.32 Å². The number of anilines is 1. The molecule has 0 fully saturated rings. The Balaban J connectivity index is 1.74. The van der Waals surface area contributed by atoms with E-state index in [0.717, 1.165) is 17.7 Å². The van der Waals surface area contributed by atoms with Gasteiger partial charge < -0.3 is 10.1 Å². The number of halogens is 3. The molecule has 1 heterocycles. The Morgan fingerprint density at radius 1 is 1.12 bits per heavy atom. The van der Waals surface area contributed by atoms with Crippen molar-refractivity contribution in [1.29, 1.82) is 0 Å². The van der Waals surface area contributed by atoms with Crippen LogP contribution in [0, 0.1) is 18.6 Å². The van der Waals surface area contributed by atoms with Crippen molar-refractivity contribution in [3.05, 3.63) is 82.5 Å². The smallest absolute Gasteiger partial charge is 0.261 e. The average molecular weight is 375 g/mol. The van der Waals surface area contributed by atoms with Gasteiger partial charge in [0.05, 0.1) is 11.9 Å². The van der Waals surface area contributed by atoms with Crippen LogP contribution in [0.3, 0.4) is 0 Å². The Kier molecular flexibility index (Phi) is 5.14. The van der Waals surface area contributed by atoms with E-state index in [1.54, 1.807) is 12.1 Å². The third kappa shape index (κ3) is 3.97. The maximum absolute atomic E-state index is 13.6. The summed E-state index contributed by atoms with van der Waals surface area (Å²) < 4.78 is 32.9. The van der Waals surface area contributed by atoms with E-state index in [2.05, 4.69) is 10.3 Å². The van der Waals surface area contributed by atoms with Gasteiger partial charge in [0.2, 0.25) is 5.88 Å². The number of pyridine rings is 1. The van der Waals surface area contributed by atoms with Crippen molar-refractivity contribution in [3.8, 4) is 11.6 Å². The Morgan fingerprint density at radius 3 is 2.50 bits per heavy atom. The molecule has 0 aliphatic heterocycles. The van der Waals surface area contributed by atoms with Gasteiger partial charge in [-0.1, -0.05) is 23.7 Å². The molecule has 0 unspecified atom stereocenters. The first kappa shape index (κ1) is 17.8. The molecule has 26 heavy (non-hydrogen) atoms. The highest BCUT2D eigenvalue weighted by Crippen LogP contribution is 2.27. The van der Waals surface area contributed by atoms with E-state index in [9.17, 15) is 13.6 Å². The van der Waals surface area contributed by atoms with Crippen molar-refractivity contribution in [3.63, 3.8) is 0 Å². The lowest BCUT2D eigenvalue weighted by Crippen LogP contribution is -2.15. The van der Waals surface area contributed by atoms with E-state index in [0.29, 0.717) is 10.8 Å². The lowest BCUT2D eigenvalue weighted by Gasteiger charge is -2.10. The molecule has 1 aromatic heterocycles. The maximum atomic E-state index is 13.6. The lowest BCUT2D eigenvalue weighted by molar-refractivity contribution is 0.101. The number of hydrogen-bond acceptors (Lipinski definition) is 3. The Morgan fingerprint density at radius 2 is 1.85 bits per heavy atom. The van der Waals surface area contributed by atoms with Crippen molar-refractivity contribution < 1.29 is 18.3 Å². The highest BCUT2D eigenvalue weighted by atomic mass is 35.5. The molecule has 2 aromatic carbocycles. The number of rotatable bonds is 4. The number of carbonyl (C=O) groups excluding carboxylic acids is 1. The summed E-state index contributed by atoms with van der Waals surface area (Å²) in [6, 6.07) is 11.5. The minimum atomic E-state index is -0.938. The van der Waals surface area contributed by atoms with Crippen molar-refractivity contribution in [1.82, 2.24) is 4.98 Å². The van der Waals surface area contributed by atoms with Gasteiger partial charge in [-0.05, 0) is 42.8 Å². The van der Waals surface area contributed by atoms with Crippen molar-refractivity contribution in [2.45, 2.75) is 6.92 Å². The standard InChI is InChI=1S/C19H13ClF2N2O2/c1-11-5-6-12(20)9-16(11)26-17-8-7-13(10-23-17)24-19(25)18-14(21)3-2-4-15(18)22/h2-10H,1H3,(H,24,25). The topological polar surface area (TPSA) is 51.2 Å². The second kappa shape index (κ2) is 7.49. The number of hydrogen-bond donors (Lipinski definition) is 1. The summed E-state index contributed by atoms with van der Waals surface area (Å²) in [5, 5.41) is 2.92. The third-order valence-electron chi connectivity index (χ3n) is 3.55. The number of aromatic nitrogens is 1. The molecule has 0 aliphatic carbocycles. The van der Waals surface area contributed by atoms with Crippen LogP contribution < -0.4 is 10.1 Å². The molecule has 3 rings (SSSR count). The summed E-state index contributed by atoms with van der Waals surface area (Å²) in [6.45, 7) is 1.86. The number of carbonyl (C=O) groups is 1. The number of benzene rings is 2. The molecule has 0 saturated carbocycles. The summed E-state index contributed by atoms with van der Waals surface area (Å²) in [7, 11) is 0. The van der Waals surface area contributed by atoms with Crippen LogP contribution in [-0.4, -0.2) is 10.9 Å². The zero-order valence-electron chi connectivity index (χ0n) is 13.6. The van der Waals surface area contributed by atoms with Crippen LogP contribution in [0.15, 0.2) is 54.7 Å². The minimum absolute atomic E-state index is 0.271. The first-order valence-corrected chi connectivity index (χ1v) is 7.97. The maximum Gasteiger partial charge on any atom is 0.261 e. The SMILES string of the molecule is Cc1ccc(Cl)cc1Oc1ccc(NC(=O)c2c(F)cccc2F)cn1. The molecular weight excluding hydrogens is 362 g/mol. The summed E-state index contributed by atoms with van der Waals surface area (Å²) in [5.74, 6) is -1.94. The number of amides is 1. The van der Waals surface area contributed by atoms with Gasteiger partial charge >= 0.3 is 0 Å². The third-order valence-corrected chi connectivity index (χ3v) is 3.78. The number of nitrogens with one attached hydrogen (secondary N) is 1. The van der Waals surface area contributed by atoms with Gasteiger partial charge in [-0.3, -0.25) is 4.79 Å². The molecule has 0 spiro atoms. The van der Waals surface area contributed by atoms with Crippen molar-refractivity contribution in [2.24, 2.45) is 0 Å². The van der Waals surface area contributed by atoms with Gasteiger partial charge in [0.15, 0.2) is 0 Å². The van der Waals surface area contributed by atoms with Crippen LogP contribution in [-0.2, 0) is 0 Å². The van der Waals surface area contributed by atoms with Crippen molar-refractivity contribution >= 4 is 23.2 Å². The molecule has 132 valence electrons. The zero-order valence-corrected chi connectivity index (χ0v) is 14.3. The number of aryl methyl sites for hydroxylation is 1. The highest BCUT2D eigenvalue weighted by molar-refractivity contribution is 6.30. The van der Waals surface area contributed by atoms with Crippen LogP contribution in [0.1, 0.15) is 15.9 Å². The first-order chi connectivity index (χ1) is 12.4. The van der Waals surface area contributed by atoms with Gasteiger partial charge in [-0.15, -0.1) is 0 Å². The fourth-order valence-electron chi connectivity index (χ4n) is 2.22. The molecule has 0 saturated heterocycles. The molecule has 3 aromatic rings. The van der Waals surface area contributed by atoms with E-state index in [-0.39, 0.29) is 11.6 Å². The molecule has 7 heteroatoms. The van der Waals surface area contributed by atoms with Gasteiger partial charge in [0, 0.05) is 11.1 Å². The molecule has 1 amide bonds. The lowest BCUT2D eigenvalue weighted by atomic mass is 10.2. The largest absolute Gasteiger partial charge is 0.439 e. The summed E-state index contributed by atoms with van der Waals surface area (Å²) in [6.07, 6.45) is 1.33. The second-order valence-corrected chi connectivity index (χ2v) is 5.88. The molecule has 0 aliphatic rings. The van der Waals surface area contributed by atoms with Gasteiger partial charge in [-0.25, -0.2) is 13.8 Å². The summed E-state index contributed by atoms with van der Waals surface area (Å²) >= 11 is 5.94. The second-order valence-electron chi connectivity index (χ2n) is 5.45. The zero-order chi connectivity index (χ0) is 18.7. The van der Waals surface area contributed by atoms with E-state index in [1.165, 1.54) is 24.4 Å². The number of nitrogens with zero attached hydrogens (tertiary/aromatic N) is 1. The van der Waals surface area contributed by atoms with Crippen LogP contribution in [0.25, 0.3) is 0 Å². The fraction of sp³-hybridized carbons (Fsp3) is 0.0526. The van der Waals surface area contributed by atoms with E-state index >= 15 is 0 Å². The summed E-state index contributed by atoms with van der Waals surface area (Å²) in [5.41, 5.74) is 0.499. The number of ether oxygens (including phenoxy) is 1. The molecular formula is C19H13ClF2N2O2. The molecule has 0 radical (unpaired) electrons. The van der Waals surface area contributed by atoms with Crippen LogP contribution >= 0.6 is 11.6 Å². The van der Waals surface area contributed by atoms with Crippen LogP contribution in [0.5, 0.6) is 11.6 Å². The molecule has 4 nitrogen and oxygen atoms in total. The molecule has 0 bridgehead atoms. The summed E-state index contributed by atoms with van der Waals surface area (Å²) in [4.78, 5) is 16.1. The Labute approximate surface area is 153 Å². The van der Waals surface area contributed by atoms with E-state index in [4.69, 9.17) is 16.3 Å². The minimum Gasteiger partial charge on any atom is -0.439 e. The van der Waals surface area contributed by atoms with E-state index < -0.39 is 23.1 Å².